The van der Waals surface area contributed by atoms with Crippen LogP contribution in [0.3, 0.4) is 0 Å². The lowest BCUT2D eigenvalue weighted by molar-refractivity contribution is -0.308. The number of hydrogen-bond acceptors (Lipinski definition) is 5. The van der Waals surface area contributed by atoms with Crippen LogP contribution in [0.4, 0.5) is 4.79 Å². The minimum atomic E-state index is -1.42. The number of ether oxygens (including phenoxy) is 1. The molecule has 1 N–H and O–H groups in total. The van der Waals surface area contributed by atoms with E-state index in [2.05, 4.69) is 5.32 Å². The van der Waals surface area contributed by atoms with E-state index in [0.717, 1.165) is 0 Å². The maximum absolute atomic E-state index is 11.3. The van der Waals surface area contributed by atoms with E-state index in [4.69, 9.17) is 4.74 Å². The SMILES string of the molecule is C[S@](=O)CC[C@H](NC(=O)OC(C)(C)C)C(=O)[O-]. The maximum atomic E-state index is 11.3. The average Bonchev–Trinajstić information content (AvgIpc) is 2.08. The smallest absolute Gasteiger partial charge is 0.408 e. The molecule has 1 amide bonds. The standard InChI is InChI=1S/C10H19NO5S/c1-10(2,3)16-9(14)11-7(8(12)13)5-6-17(4)15/h7H,5-6H2,1-4H3,(H,11,14)(H,12,13)/p-1/t7-,17-/m0/s1. The highest BCUT2D eigenvalue weighted by Crippen LogP contribution is 2.07. The van der Waals surface area contributed by atoms with Crippen LogP contribution in [-0.4, -0.2) is 39.9 Å². The van der Waals surface area contributed by atoms with Crippen molar-refractivity contribution < 1.29 is 23.6 Å². The number of hydrogen-bond donors (Lipinski definition) is 1. The molecule has 0 unspecified atom stereocenters. The first-order chi connectivity index (χ1) is 7.61. The summed E-state index contributed by atoms with van der Waals surface area (Å²) in [7, 11) is -1.12. The second-order valence-corrected chi connectivity index (χ2v) is 6.14. The van der Waals surface area contributed by atoms with Crippen LogP contribution in [0.5, 0.6) is 0 Å². The van der Waals surface area contributed by atoms with E-state index in [9.17, 15) is 18.9 Å². The van der Waals surface area contributed by atoms with Crippen molar-refractivity contribution in [1.82, 2.24) is 5.32 Å². The van der Waals surface area contributed by atoms with Crippen molar-refractivity contribution in [2.75, 3.05) is 12.0 Å². The number of carboxylic acid groups (broad SMARTS) is 1. The molecule has 0 aromatic heterocycles. The first-order valence-electron chi connectivity index (χ1n) is 5.12. The molecule has 0 aliphatic heterocycles. The minimum absolute atomic E-state index is 0.0463. The highest BCUT2D eigenvalue weighted by atomic mass is 32.2. The summed E-state index contributed by atoms with van der Waals surface area (Å²) in [6.45, 7) is 5.01. The van der Waals surface area contributed by atoms with Gasteiger partial charge in [0.2, 0.25) is 0 Å². The molecule has 0 aromatic rings. The molecule has 0 aliphatic carbocycles. The summed E-state index contributed by atoms with van der Waals surface area (Å²) in [4.78, 5) is 22.1. The van der Waals surface area contributed by atoms with Crippen molar-refractivity contribution in [3.63, 3.8) is 0 Å². The summed E-state index contributed by atoms with van der Waals surface area (Å²) in [6.07, 6.45) is 0.679. The molecule has 0 fully saturated rings. The van der Waals surface area contributed by atoms with Gasteiger partial charge < -0.3 is 20.0 Å². The second kappa shape index (κ2) is 6.58. The Morgan fingerprint density at radius 1 is 1.41 bits per heavy atom. The van der Waals surface area contributed by atoms with Gasteiger partial charge in [-0.1, -0.05) is 0 Å². The van der Waals surface area contributed by atoms with Gasteiger partial charge in [-0.15, -0.1) is 0 Å². The number of alkyl carbamates (subject to hydrolysis) is 1. The van der Waals surface area contributed by atoms with Gasteiger partial charge in [0.05, 0.1) is 12.0 Å². The molecule has 0 heterocycles. The summed E-state index contributed by atoms with van der Waals surface area (Å²) < 4.78 is 15.7. The summed E-state index contributed by atoms with van der Waals surface area (Å²) in [6, 6.07) is -1.19. The third-order valence-electron chi connectivity index (χ3n) is 1.67. The normalized spacial score (nSPS) is 14.8. The van der Waals surface area contributed by atoms with E-state index >= 15 is 0 Å². The van der Waals surface area contributed by atoms with E-state index < -0.39 is 34.5 Å². The number of rotatable bonds is 5. The maximum Gasteiger partial charge on any atom is 0.408 e. The predicted octanol–water partition coefficient (Wildman–Crippen LogP) is -0.602. The minimum Gasteiger partial charge on any atom is -0.548 e. The fraction of sp³-hybridized carbons (Fsp3) is 0.800. The summed E-state index contributed by atoms with van der Waals surface area (Å²) in [5.74, 6) is -1.24. The van der Waals surface area contributed by atoms with Gasteiger partial charge >= 0.3 is 6.09 Å². The zero-order valence-electron chi connectivity index (χ0n) is 10.4. The van der Waals surface area contributed by atoms with E-state index in [-0.39, 0.29) is 12.2 Å². The molecule has 0 spiro atoms. The van der Waals surface area contributed by atoms with Crippen LogP contribution in [-0.2, 0) is 20.3 Å². The van der Waals surface area contributed by atoms with E-state index in [1.165, 1.54) is 6.26 Å². The molecule has 0 radical (unpaired) electrons. The zero-order valence-corrected chi connectivity index (χ0v) is 11.3. The molecular formula is C10H18NO5S-. The number of amides is 1. The van der Waals surface area contributed by atoms with E-state index in [1.54, 1.807) is 20.8 Å². The molecule has 0 bridgehead atoms. The Morgan fingerprint density at radius 3 is 2.29 bits per heavy atom. The topological polar surface area (TPSA) is 95.5 Å². The highest BCUT2D eigenvalue weighted by molar-refractivity contribution is 7.84. The number of carboxylic acids is 1. The molecule has 0 aliphatic rings. The predicted molar refractivity (Wildman–Crippen MR) is 61.7 cm³/mol. The van der Waals surface area contributed by atoms with Gasteiger partial charge in [-0.05, 0) is 27.2 Å². The fourth-order valence-electron chi connectivity index (χ4n) is 0.983. The van der Waals surface area contributed by atoms with Gasteiger partial charge in [-0.2, -0.15) is 0 Å². The molecule has 17 heavy (non-hydrogen) atoms. The van der Waals surface area contributed by atoms with Gasteiger partial charge in [0.15, 0.2) is 0 Å². The number of carbonyl (C=O) groups is 2. The number of carbonyl (C=O) groups excluding carboxylic acids is 2. The molecule has 0 aromatic carbocycles. The number of nitrogens with one attached hydrogen (secondary N) is 1. The van der Waals surface area contributed by atoms with Crippen molar-refractivity contribution >= 4 is 22.9 Å². The first kappa shape index (κ1) is 15.9. The molecule has 2 atom stereocenters. The van der Waals surface area contributed by atoms with Crippen LogP contribution in [0.1, 0.15) is 27.2 Å². The van der Waals surface area contributed by atoms with Crippen LogP contribution >= 0.6 is 0 Å². The average molecular weight is 264 g/mol. The Labute approximate surface area is 103 Å². The molecular weight excluding hydrogens is 246 g/mol. The van der Waals surface area contributed by atoms with Crippen LogP contribution in [0.2, 0.25) is 0 Å². The Kier molecular flexibility index (Phi) is 6.15. The molecule has 0 rings (SSSR count). The summed E-state index contributed by atoms with van der Waals surface area (Å²) >= 11 is 0. The van der Waals surface area contributed by atoms with Crippen molar-refractivity contribution in [2.24, 2.45) is 0 Å². The van der Waals surface area contributed by atoms with Crippen LogP contribution in [0, 0.1) is 0 Å². The van der Waals surface area contributed by atoms with Crippen molar-refractivity contribution in [3.8, 4) is 0 Å². The summed E-state index contributed by atoms with van der Waals surface area (Å²) in [5.41, 5.74) is -0.700. The van der Waals surface area contributed by atoms with Gasteiger partial charge in [0, 0.05) is 22.8 Å². The van der Waals surface area contributed by atoms with Crippen LogP contribution in [0.15, 0.2) is 0 Å². The zero-order chi connectivity index (χ0) is 13.6. The molecule has 0 saturated carbocycles. The molecule has 0 saturated heterocycles. The van der Waals surface area contributed by atoms with Gasteiger partial charge in [0.25, 0.3) is 0 Å². The van der Waals surface area contributed by atoms with Crippen LogP contribution in [0.25, 0.3) is 0 Å². The Morgan fingerprint density at radius 2 is 1.94 bits per heavy atom. The lowest BCUT2D eigenvalue weighted by atomic mass is 10.2. The van der Waals surface area contributed by atoms with Gasteiger partial charge in [-0.3, -0.25) is 4.21 Å². The lowest BCUT2D eigenvalue weighted by Gasteiger charge is -2.24. The largest absolute Gasteiger partial charge is 0.548 e. The van der Waals surface area contributed by atoms with E-state index in [0.29, 0.717) is 0 Å². The fourth-order valence-corrected chi connectivity index (χ4v) is 1.55. The number of aliphatic carboxylic acids is 1. The van der Waals surface area contributed by atoms with Gasteiger partial charge in [0.1, 0.15) is 5.60 Å². The second-order valence-electron chi connectivity index (χ2n) is 4.58. The lowest BCUT2D eigenvalue weighted by Crippen LogP contribution is -2.49. The quantitative estimate of drug-likeness (QED) is 0.715. The molecule has 7 heteroatoms. The van der Waals surface area contributed by atoms with Crippen LogP contribution < -0.4 is 10.4 Å². The van der Waals surface area contributed by atoms with Crippen molar-refractivity contribution in [3.05, 3.63) is 0 Å². The van der Waals surface area contributed by atoms with Gasteiger partial charge in [-0.25, -0.2) is 4.79 Å². The Hall–Kier alpha value is -1.11. The van der Waals surface area contributed by atoms with Crippen molar-refractivity contribution in [2.45, 2.75) is 38.8 Å². The van der Waals surface area contributed by atoms with Crippen molar-refractivity contribution in [1.29, 1.82) is 0 Å². The first-order valence-corrected chi connectivity index (χ1v) is 6.85. The monoisotopic (exact) mass is 264 g/mol. The Balaban J connectivity index is 4.30. The molecule has 100 valence electrons. The summed E-state index contributed by atoms with van der Waals surface area (Å²) in [5, 5.41) is 12.9. The molecule has 6 nitrogen and oxygen atoms in total. The third kappa shape index (κ3) is 8.67. The Bertz CT molecular complexity index is 310. The third-order valence-corrected chi connectivity index (χ3v) is 2.48. The van der Waals surface area contributed by atoms with E-state index in [1.807, 2.05) is 0 Å². The highest BCUT2D eigenvalue weighted by Gasteiger charge is 2.20.